The van der Waals surface area contributed by atoms with Crippen molar-refractivity contribution in [1.82, 2.24) is 19.9 Å². The molecule has 5 nitrogen and oxygen atoms in total. The van der Waals surface area contributed by atoms with Gasteiger partial charge in [-0.25, -0.2) is 18.3 Å². The number of nitrogens with zero attached hydrogens (tertiary/aromatic N) is 3. The normalized spacial score (nSPS) is 12.3. The molecule has 0 spiro atoms. The van der Waals surface area contributed by atoms with Crippen LogP contribution in [-0.2, 0) is 0 Å². The number of benzene rings is 2. The van der Waals surface area contributed by atoms with Gasteiger partial charge in [0.15, 0.2) is 5.65 Å². The van der Waals surface area contributed by atoms with Crippen molar-refractivity contribution in [3.63, 3.8) is 0 Å². The molecule has 0 saturated heterocycles. The number of nitrogens with one attached hydrogen (secondary N) is 1. The van der Waals surface area contributed by atoms with Gasteiger partial charge in [0.2, 0.25) is 0 Å². The zero-order valence-electron chi connectivity index (χ0n) is 16.3. The van der Waals surface area contributed by atoms with Crippen molar-refractivity contribution >= 4 is 11.6 Å². The molecule has 152 valence electrons. The van der Waals surface area contributed by atoms with E-state index in [-0.39, 0.29) is 22.9 Å². The summed E-state index contributed by atoms with van der Waals surface area (Å²) in [5, 5.41) is 6.98. The molecule has 30 heavy (non-hydrogen) atoms. The monoisotopic (exact) mass is 406 g/mol. The Bertz CT molecular complexity index is 1160. The Kier molecular flexibility index (Phi) is 5.52. The molecule has 4 aromatic rings. The minimum absolute atomic E-state index is 0.104. The highest BCUT2D eigenvalue weighted by Gasteiger charge is 2.23. The predicted molar refractivity (Wildman–Crippen MR) is 110 cm³/mol. The fourth-order valence-corrected chi connectivity index (χ4v) is 3.40. The molecule has 0 aliphatic heterocycles. The summed E-state index contributed by atoms with van der Waals surface area (Å²) in [4.78, 5) is 17.5. The summed E-state index contributed by atoms with van der Waals surface area (Å²) in [5.41, 5.74) is 1.97. The minimum atomic E-state index is -2.76. The summed E-state index contributed by atoms with van der Waals surface area (Å²) < 4.78 is 28.4. The van der Waals surface area contributed by atoms with Gasteiger partial charge in [0.25, 0.3) is 12.3 Å². The second-order valence-electron chi connectivity index (χ2n) is 6.87. The first-order valence-corrected chi connectivity index (χ1v) is 9.66. The molecule has 0 fully saturated rings. The summed E-state index contributed by atoms with van der Waals surface area (Å²) in [6.45, 7) is 1.97. The van der Waals surface area contributed by atoms with Crippen molar-refractivity contribution in [3.05, 3.63) is 89.7 Å². The summed E-state index contributed by atoms with van der Waals surface area (Å²) in [5.74, 6) is -0.404. The van der Waals surface area contributed by atoms with Crippen molar-refractivity contribution in [2.24, 2.45) is 0 Å². The molecule has 1 unspecified atom stereocenters. The van der Waals surface area contributed by atoms with E-state index in [4.69, 9.17) is 0 Å². The summed E-state index contributed by atoms with van der Waals surface area (Å²) in [6, 6.07) is 19.7. The second-order valence-corrected chi connectivity index (χ2v) is 6.87. The van der Waals surface area contributed by atoms with Gasteiger partial charge in [-0.1, -0.05) is 67.6 Å². The van der Waals surface area contributed by atoms with Crippen LogP contribution in [0.3, 0.4) is 0 Å². The van der Waals surface area contributed by atoms with Crippen LogP contribution in [0.5, 0.6) is 0 Å². The number of aromatic nitrogens is 3. The molecule has 1 amide bonds. The Balaban J connectivity index is 1.76. The van der Waals surface area contributed by atoms with E-state index >= 15 is 0 Å². The number of hydrogen-bond acceptors (Lipinski definition) is 3. The predicted octanol–water partition coefficient (Wildman–Crippen LogP) is 5.22. The van der Waals surface area contributed by atoms with Crippen LogP contribution in [0.4, 0.5) is 8.78 Å². The third-order valence-corrected chi connectivity index (χ3v) is 4.95. The first-order valence-electron chi connectivity index (χ1n) is 9.66. The third-order valence-electron chi connectivity index (χ3n) is 4.95. The Hall–Kier alpha value is -3.61. The van der Waals surface area contributed by atoms with E-state index < -0.39 is 12.3 Å². The van der Waals surface area contributed by atoms with Crippen molar-refractivity contribution in [1.29, 1.82) is 0 Å². The molecule has 2 aromatic carbocycles. The molecule has 7 heteroatoms. The molecule has 2 aromatic heterocycles. The standard InChI is InChI=1S/C23H20F2N4O/c1-2-18(15-9-5-3-6-10-15)28-23(30)17-14-26-29-20(21(24)25)13-19(27-22(17)29)16-11-7-4-8-12-16/h3-14,18,21H,2H2,1H3,(H,28,30). The van der Waals surface area contributed by atoms with Crippen LogP contribution in [-0.4, -0.2) is 20.5 Å². The molecule has 0 bridgehead atoms. The highest BCUT2D eigenvalue weighted by atomic mass is 19.3. The molecule has 0 saturated carbocycles. The summed E-state index contributed by atoms with van der Waals surface area (Å²) in [6.07, 6.45) is -0.794. The molecule has 4 rings (SSSR count). The lowest BCUT2D eigenvalue weighted by Gasteiger charge is -2.17. The molecule has 2 heterocycles. The average Bonchev–Trinajstić information content (AvgIpc) is 3.22. The van der Waals surface area contributed by atoms with Gasteiger partial charge in [0, 0.05) is 5.56 Å². The molecule has 1 atom stereocenters. The molecule has 0 radical (unpaired) electrons. The number of halogens is 2. The molecule has 0 aliphatic carbocycles. The summed E-state index contributed by atoms with van der Waals surface area (Å²) in [7, 11) is 0. The smallest absolute Gasteiger partial charge is 0.280 e. The molecule has 0 aliphatic rings. The second kappa shape index (κ2) is 8.41. The lowest BCUT2D eigenvalue weighted by molar-refractivity contribution is 0.0936. The van der Waals surface area contributed by atoms with Gasteiger partial charge in [0.05, 0.1) is 17.9 Å². The van der Waals surface area contributed by atoms with E-state index in [0.717, 1.165) is 10.1 Å². The number of fused-ring (bicyclic) bond motifs is 1. The third kappa shape index (κ3) is 3.78. The van der Waals surface area contributed by atoms with Crippen LogP contribution < -0.4 is 5.32 Å². The van der Waals surface area contributed by atoms with E-state index in [1.165, 1.54) is 12.3 Å². The molecular weight excluding hydrogens is 386 g/mol. The zero-order chi connectivity index (χ0) is 21.1. The van der Waals surface area contributed by atoms with Gasteiger partial charge in [-0.2, -0.15) is 5.10 Å². The Labute approximate surface area is 172 Å². The average molecular weight is 406 g/mol. The van der Waals surface area contributed by atoms with E-state index in [2.05, 4.69) is 15.4 Å². The van der Waals surface area contributed by atoms with E-state index in [9.17, 15) is 13.6 Å². The van der Waals surface area contributed by atoms with Crippen LogP contribution in [0.15, 0.2) is 72.9 Å². The number of carbonyl (C=O) groups excluding carboxylic acids is 1. The maximum absolute atomic E-state index is 13.7. The van der Waals surface area contributed by atoms with Crippen molar-refractivity contribution in [2.45, 2.75) is 25.8 Å². The van der Waals surface area contributed by atoms with Crippen molar-refractivity contribution in [2.75, 3.05) is 0 Å². The first-order chi connectivity index (χ1) is 14.6. The topological polar surface area (TPSA) is 59.3 Å². The van der Waals surface area contributed by atoms with Crippen LogP contribution in [0, 0.1) is 0 Å². The maximum Gasteiger partial charge on any atom is 0.280 e. The zero-order valence-corrected chi connectivity index (χ0v) is 16.3. The molecular formula is C23H20F2N4O. The van der Waals surface area contributed by atoms with Gasteiger partial charge in [0.1, 0.15) is 11.3 Å². The van der Waals surface area contributed by atoms with Gasteiger partial charge in [-0.15, -0.1) is 0 Å². The SMILES string of the molecule is CCC(NC(=O)c1cnn2c(C(F)F)cc(-c3ccccc3)nc12)c1ccccc1. The van der Waals surface area contributed by atoms with Gasteiger partial charge in [-0.3, -0.25) is 4.79 Å². The Morgan fingerprint density at radius 3 is 2.37 bits per heavy atom. The summed E-state index contributed by atoms with van der Waals surface area (Å²) >= 11 is 0. The number of hydrogen-bond donors (Lipinski definition) is 1. The fourth-order valence-electron chi connectivity index (χ4n) is 3.40. The lowest BCUT2D eigenvalue weighted by Crippen LogP contribution is -2.28. The quantitative estimate of drug-likeness (QED) is 0.478. The van der Waals surface area contributed by atoms with Crippen LogP contribution >= 0.6 is 0 Å². The van der Waals surface area contributed by atoms with Crippen LogP contribution in [0.2, 0.25) is 0 Å². The van der Waals surface area contributed by atoms with Gasteiger partial charge in [-0.05, 0) is 18.1 Å². The largest absolute Gasteiger partial charge is 0.345 e. The number of amides is 1. The van der Waals surface area contributed by atoms with E-state index in [1.807, 2.05) is 43.3 Å². The van der Waals surface area contributed by atoms with Crippen LogP contribution in [0.25, 0.3) is 16.9 Å². The number of rotatable bonds is 6. The highest BCUT2D eigenvalue weighted by molar-refractivity contribution is 6.00. The highest BCUT2D eigenvalue weighted by Crippen LogP contribution is 2.27. The Morgan fingerprint density at radius 2 is 1.73 bits per heavy atom. The Morgan fingerprint density at radius 1 is 1.07 bits per heavy atom. The van der Waals surface area contributed by atoms with Crippen molar-refractivity contribution in [3.8, 4) is 11.3 Å². The molecule has 1 N–H and O–H groups in total. The van der Waals surface area contributed by atoms with Crippen LogP contribution in [0.1, 0.15) is 47.4 Å². The van der Waals surface area contributed by atoms with Gasteiger partial charge < -0.3 is 5.32 Å². The van der Waals surface area contributed by atoms with Crippen molar-refractivity contribution < 1.29 is 13.6 Å². The number of carbonyl (C=O) groups is 1. The maximum atomic E-state index is 13.7. The lowest BCUT2D eigenvalue weighted by atomic mass is 10.0. The number of alkyl halides is 2. The van der Waals surface area contributed by atoms with Gasteiger partial charge >= 0.3 is 0 Å². The minimum Gasteiger partial charge on any atom is -0.345 e. The first kappa shape index (κ1) is 19.7. The van der Waals surface area contributed by atoms with E-state index in [0.29, 0.717) is 17.7 Å². The fraction of sp³-hybridized carbons (Fsp3) is 0.174. The van der Waals surface area contributed by atoms with E-state index in [1.54, 1.807) is 24.3 Å².